The fourth-order valence-electron chi connectivity index (χ4n) is 1.96. The molecule has 1 amide bonds. The summed E-state index contributed by atoms with van der Waals surface area (Å²) in [5.41, 5.74) is 0.0226. The fourth-order valence-corrected chi connectivity index (χ4v) is 1.96. The third-order valence-electron chi connectivity index (χ3n) is 2.77. The van der Waals surface area contributed by atoms with Crippen LogP contribution in [0.5, 0.6) is 0 Å². The molecule has 0 spiro atoms. The van der Waals surface area contributed by atoms with Gasteiger partial charge >= 0.3 is 0 Å². The molecule has 7 nitrogen and oxygen atoms in total. The van der Waals surface area contributed by atoms with Crippen LogP contribution in [0.1, 0.15) is 32.3 Å². The molecule has 2 aromatic rings. The van der Waals surface area contributed by atoms with E-state index in [1.54, 1.807) is 13.8 Å². The van der Waals surface area contributed by atoms with Crippen LogP contribution < -0.4 is 10.9 Å². The van der Waals surface area contributed by atoms with Gasteiger partial charge in [-0.05, 0) is 34.6 Å². The van der Waals surface area contributed by atoms with Crippen molar-refractivity contribution in [1.29, 1.82) is 0 Å². The van der Waals surface area contributed by atoms with E-state index in [0.717, 1.165) is 0 Å². The van der Waals surface area contributed by atoms with Crippen molar-refractivity contribution in [2.24, 2.45) is 0 Å². The van der Waals surface area contributed by atoms with Crippen LogP contribution in [-0.2, 0) is 11.3 Å². The SMILES string of the molecule is Cc1noc2nc(C)n(CC(=O)NC(C)(C)C)c(=O)c12. The van der Waals surface area contributed by atoms with Crippen LogP contribution in [0.4, 0.5) is 0 Å². The molecule has 108 valence electrons. The van der Waals surface area contributed by atoms with E-state index in [1.807, 2.05) is 20.8 Å². The van der Waals surface area contributed by atoms with E-state index >= 15 is 0 Å². The van der Waals surface area contributed by atoms with Crippen molar-refractivity contribution >= 4 is 17.0 Å². The Hall–Kier alpha value is -2.18. The number of hydrogen-bond donors (Lipinski definition) is 1. The number of aryl methyl sites for hydroxylation is 2. The van der Waals surface area contributed by atoms with E-state index in [2.05, 4.69) is 15.5 Å². The number of aromatic nitrogens is 3. The molecule has 0 radical (unpaired) electrons. The molecular weight excluding hydrogens is 260 g/mol. The molecule has 0 unspecified atom stereocenters. The highest BCUT2D eigenvalue weighted by Crippen LogP contribution is 2.11. The lowest BCUT2D eigenvalue weighted by atomic mass is 10.1. The second-order valence-corrected chi connectivity index (χ2v) is 5.80. The van der Waals surface area contributed by atoms with Gasteiger partial charge in [0.15, 0.2) is 0 Å². The van der Waals surface area contributed by atoms with Gasteiger partial charge in [0.1, 0.15) is 17.8 Å². The van der Waals surface area contributed by atoms with Crippen LogP contribution >= 0.6 is 0 Å². The van der Waals surface area contributed by atoms with Crippen molar-refractivity contribution in [3.8, 4) is 0 Å². The maximum Gasteiger partial charge on any atom is 0.267 e. The van der Waals surface area contributed by atoms with Crippen LogP contribution in [0.3, 0.4) is 0 Å². The zero-order valence-corrected chi connectivity index (χ0v) is 12.3. The van der Waals surface area contributed by atoms with Gasteiger partial charge in [0.2, 0.25) is 5.91 Å². The zero-order chi connectivity index (χ0) is 15.1. The summed E-state index contributed by atoms with van der Waals surface area (Å²) >= 11 is 0. The van der Waals surface area contributed by atoms with Crippen molar-refractivity contribution in [2.45, 2.75) is 46.7 Å². The molecule has 0 saturated carbocycles. The molecule has 0 fully saturated rings. The van der Waals surface area contributed by atoms with Crippen LogP contribution in [0, 0.1) is 13.8 Å². The molecule has 2 aromatic heterocycles. The van der Waals surface area contributed by atoms with E-state index < -0.39 is 0 Å². The first kappa shape index (κ1) is 14.2. The average molecular weight is 278 g/mol. The predicted octanol–water partition coefficient (Wildman–Crippen LogP) is 0.916. The van der Waals surface area contributed by atoms with Gasteiger partial charge in [0.25, 0.3) is 11.3 Å². The minimum Gasteiger partial charge on any atom is -0.350 e. The Morgan fingerprint density at radius 3 is 2.60 bits per heavy atom. The lowest BCUT2D eigenvalue weighted by molar-refractivity contribution is -0.123. The van der Waals surface area contributed by atoms with E-state index in [4.69, 9.17) is 4.52 Å². The summed E-state index contributed by atoms with van der Waals surface area (Å²) in [5.74, 6) is 0.181. The maximum absolute atomic E-state index is 12.4. The van der Waals surface area contributed by atoms with Crippen molar-refractivity contribution in [2.75, 3.05) is 0 Å². The Labute approximate surface area is 116 Å². The molecule has 1 N–H and O–H groups in total. The lowest BCUT2D eigenvalue weighted by Gasteiger charge is -2.21. The van der Waals surface area contributed by atoms with Gasteiger partial charge < -0.3 is 9.84 Å². The summed E-state index contributed by atoms with van der Waals surface area (Å²) in [4.78, 5) is 28.5. The number of fused-ring (bicyclic) bond motifs is 1. The van der Waals surface area contributed by atoms with Crippen molar-refractivity contribution < 1.29 is 9.32 Å². The van der Waals surface area contributed by atoms with Crippen molar-refractivity contribution in [3.05, 3.63) is 21.9 Å². The Bertz CT molecular complexity index is 722. The topological polar surface area (TPSA) is 90.0 Å². The van der Waals surface area contributed by atoms with Crippen LogP contribution in [-0.4, -0.2) is 26.2 Å². The summed E-state index contributed by atoms with van der Waals surface area (Å²) in [6, 6.07) is 0. The average Bonchev–Trinajstić information content (AvgIpc) is 2.63. The minimum atomic E-state index is -0.348. The highest BCUT2D eigenvalue weighted by Gasteiger charge is 2.19. The summed E-state index contributed by atoms with van der Waals surface area (Å²) in [5, 5.41) is 6.86. The quantitative estimate of drug-likeness (QED) is 0.882. The van der Waals surface area contributed by atoms with Crippen LogP contribution in [0.25, 0.3) is 11.1 Å². The van der Waals surface area contributed by atoms with Crippen LogP contribution in [0.2, 0.25) is 0 Å². The maximum atomic E-state index is 12.4. The van der Waals surface area contributed by atoms with Gasteiger partial charge in [0, 0.05) is 5.54 Å². The smallest absolute Gasteiger partial charge is 0.267 e. The number of nitrogens with zero attached hydrogens (tertiary/aromatic N) is 3. The molecule has 2 rings (SSSR count). The largest absolute Gasteiger partial charge is 0.350 e. The minimum absolute atomic E-state index is 0.0739. The summed E-state index contributed by atoms with van der Waals surface area (Å²) < 4.78 is 6.30. The summed E-state index contributed by atoms with van der Waals surface area (Å²) in [7, 11) is 0. The second kappa shape index (κ2) is 4.73. The fraction of sp³-hybridized carbons (Fsp3) is 0.538. The number of amides is 1. The first-order valence-corrected chi connectivity index (χ1v) is 6.33. The van der Waals surface area contributed by atoms with E-state index in [1.165, 1.54) is 4.57 Å². The third kappa shape index (κ3) is 2.71. The van der Waals surface area contributed by atoms with E-state index in [9.17, 15) is 9.59 Å². The molecule has 0 aromatic carbocycles. The highest BCUT2D eigenvalue weighted by molar-refractivity contribution is 5.78. The Morgan fingerprint density at radius 1 is 1.35 bits per heavy atom. The number of carbonyl (C=O) groups is 1. The van der Waals surface area contributed by atoms with Gasteiger partial charge in [0.05, 0.1) is 5.69 Å². The summed E-state index contributed by atoms with van der Waals surface area (Å²) in [6.45, 7) is 8.90. The van der Waals surface area contributed by atoms with Crippen LogP contribution in [0.15, 0.2) is 9.32 Å². The first-order valence-electron chi connectivity index (χ1n) is 6.33. The molecule has 0 aliphatic rings. The molecule has 0 aliphatic heterocycles. The highest BCUT2D eigenvalue weighted by atomic mass is 16.5. The number of carbonyl (C=O) groups excluding carboxylic acids is 1. The Morgan fingerprint density at radius 2 is 2.00 bits per heavy atom. The Kier molecular flexibility index (Phi) is 3.37. The molecule has 0 aliphatic carbocycles. The molecule has 0 atom stereocenters. The van der Waals surface area contributed by atoms with Crippen molar-refractivity contribution in [1.82, 2.24) is 20.0 Å². The molecule has 2 heterocycles. The van der Waals surface area contributed by atoms with Crippen molar-refractivity contribution in [3.63, 3.8) is 0 Å². The summed E-state index contributed by atoms with van der Waals surface area (Å²) in [6.07, 6.45) is 0. The number of rotatable bonds is 2. The molecule has 0 saturated heterocycles. The van der Waals surface area contributed by atoms with Gasteiger partial charge in [-0.1, -0.05) is 5.16 Å². The monoisotopic (exact) mass is 278 g/mol. The van der Waals surface area contributed by atoms with E-state index in [0.29, 0.717) is 16.9 Å². The standard InChI is InChI=1S/C13H18N4O3/c1-7-10-11(20-16-7)14-8(2)17(12(10)19)6-9(18)15-13(3,4)5/h6H2,1-5H3,(H,15,18). The predicted molar refractivity (Wildman–Crippen MR) is 73.4 cm³/mol. The number of nitrogens with one attached hydrogen (secondary N) is 1. The first-order chi connectivity index (χ1) is 9.19. The van der Waals surface area contributed by atoms with Gasteiger partial charge in [-0.2, -0.15) is 4.98 Å². The number of hydrogen-bond acceptors (Lipinski definition) is 5. The third-order valence-corrected chi connectivity index (χ3v) is 2.77. The Balaban J connectivity index is 2.42. The molecule has 7 heteroatoms. The van der Waals surface area contributed by atoms with E-state index in [-0.39, 0.29) is 29.3 Å². The molecule has 0 bridgehead atoms. The van der Waals surface area contributed by atoms with Gasteiger partial charge in [-0.25, -0.2) is 0 Å². The molecule has 20 heavy (non-hydrogen) atoms. The van der Waals surface area contributed by atoms with Gasteiger partial charge in [-0.15, -0.1) is 0 Å². The normalized spacial score (nSPS) is 11.8. The molecular formula is C13H18N4O3. The van der Waals surface area contributed by atoms with Gasteiger partial charge in [-0.3, -0.25) is 14.2 Å². The zero-order valence-electron chi connectivity index (χ0n) is 12.3. The lowest BCUT2D eigenvalue weighted by Crippen LogP contribution is -2.43. The second-order valence-electron chi connectivity index (χ2n) is 5.80.